The summed E-state index contributed by atoms with van der Waals surface area (Å²) in [5, 5.41) is 0. The van der Waals surface area contributed by atoms with Crippen LogP contribution in [-0.4, -0.2) is 46.5 Å². The van der Waals surface area contributed by atoms with Crippen molar-refractivity contribution in [3.63, 3.8) is 0 Å². The van der Waals surface area contributed by atoms with Crippen LogP contribution in [0.25, 0.3) is 0 Å². The molecule has 0 saturated carbocycles. The van der Waals surface area contributed by atoms with Crippen LogP contribution in [0.3, 0.4) is 0 Å². The van der Waals surface area contributed by atoms with Crippen LogP contribution in [0.15, 0.2) is 21.9 Å². The fourth-order valence-corrected chi connectivity index (χ4v) is 2.38. The Morgan fingerprint density at radius 1 is 1.43 bits per heavy atom. The van der Waals surface area contributed by atoms with Gasteiger partial charge in [0.15, 0.2) is 0 Å². The summed E-state index contributed by atoms with van der Waals surface area (Å²) in [5.41, 5.74) is -1.13. The molecule has 0 spiro atoms. The predicted octanol–water partition coefficient (Wildman–Crippen LogP) is -1.05. The van der Waals surface area contributed by atoms with Crippen molar-refractivity contribution < 1.29 is 14.3 Å². The summed E-state index contributed by atoms with van der Waals surface area (Å²) in [5.74, 6) is -0.911. The number of carbonyl (C=O) groups is 2. The average molecular weight is 295 g/mol. The summed E-state index contributed by atoms with van der Waals surface area (Å²) in [6, 6.07) is 1.18. The maximum atomic E-state index is 12.2. The van der Waals surface area contributed by atoms with Gasteiger partial charge >= 0.3 is 11.7 Å². The zero-order chi connectivity index (χ0) is 15.4. The highest BCUT2D eigenvalue weighted by Gasteiger charge is 2.29. The molecule has 1 saturated heterocycles. The van der Waals surface area contributed by atoms with E-state index in [1.165, 1.54) is 19.4 Å². The monoisotopic (exact) mass is 295 g/mol. The first kappa shape index (κ1) is 15.0. The number of rotatable bonds is 3. The highest BCUT2D eigenvalue weighted by atomic mass is 16.5. The largest absolute Gasteiger partial charge is 0.469 e. The minimum Gasteiger partial charge on any atom is -0.469 e. The molecule has 0 radical (unpaired) electrons. The van der Waals surface area contributed by atoms with Gasteiger partial charge in [-0.2, -0.15) is 0 Å². The third-order valence-electron chi connectivity index (χ3n) is 3.51. The fraction of sp³-hybridized carbons (Fsp3) is 0.538. The minimum absolute atomic E-state index is 0.163. The molecule has 2 rings (SSSR count). The van der Waals surface area contributed by atoms with Crippen LogP contribution < -0.4 is 11.2 Å². The highest BCUT2D eigenvalue weighted by Crippen LogP contribution is 2.17. The molecular weight excluding hydrogens is 278 g/mol. The maximum Gasteiger partial charge on any atom is 0.328 e. The van der Waals surface area contributed by atoms with Gasteiger partial charge in [0, 0.05) is 25.4 Å². The van der Waals surface area contributed by atoms with Crippen molar-refractivity contribution in [1.82, 2.24) is 14.5 Å². The highest BCUT2D eigenvalue weighted by molar-refractivity contribution is 5.78. The molecule has 0 aliphatic carbocycles. The van der Waals surface area contributed by atoms with E-state index in [-0.39, 0.29) is 24.3 Å². The normalized spacial score (nSPS) is 18.3. The molecule has 2 heterocycles. The smallest absolute Gasteiger partial charge is 0.328 e. The molecule has 1 atom stereocenters. The number of likely N-dealkylation sites (tertiary alicyclic amines) is 1. The lowest BCUT2D eigenvalue weighted by molar-refractivity contribution is -0.149. The molecule has 114 valence electrons. The number of carbonyl (C=O) groups excluding carboxylic acids is 2. The molecule has 0 aromatic carbocycles. The standard InChI is InChI=1S/C13H17N3O5/c1-21-12(19)9-3-2-5-15(7-9)11(18)8-16-6-4-10(17)14-13(16)20/h4,6,9H,2-3,5,7-8H2,1H3,(H,14,17,20). The minimum atomic E-state index is -0.627. The molecule has 1 N–H and O–H groups in total. The molecule has 21 heavy (non-hydrogen) atoms. The third kappa shape index (κ3) is 3.59. The maximum absolute atomic E-state index is 12.2. The summed E-state index contributed by atoms with van der Waals surface area (Å²) in [4.78, 5) is 49.9. The van der Waals surface area contributed by atoms with Gasteiger partial charge in [-0.1, -0.05) is 0 Å². The quantitative estimate of drug-likeness (QED) is 0.717. The molecule has 1 fully saturated rings. The summed E-state index contributed by atoms with van der Waals surface area (Å²) in [6.07, 6.45) is 2.68. The van der Waals surface area contributed by atoms with Gasteiger partial charge in [0.1, 0.15) is 6.54 Å². The second-order valence-corrected chi connectivity index (χ2v) is 4.94. The number of hydrogen-bond donors (Lipinski definition) is 1. The van der Waals surface area contributed by atoms with Crippen molar-refractivity contribution in [3.8, 4) is 0 Å². The van der Waals surface area contributed by atoms with E-state index in [4.69, 9.17) is 4.74 Å². The lowest BCUT2D eigenvalue weighted by Gasteiger charge is -2.31. The van der Waals surface area contributed by atoms with E-state index in [9.17, 15) is 19.2 Å². The van der Waals surface area contributed by atoms with Gasteiger partial charge in [0.05, 0.1) is 13.0 Å². The molecule has 1 aromatic heterocycles. The van der Waals surface area contributed by atoms with Crippen LogP contribution in [0, 0.1) is 5.92 Å². The van der Waals surface area contributed by atoms with Gasteiger partial charge in [0.25, 0.3) is 5.56 Å². The van der Waals surface area contributed by atoms with E-state index in [1.807, 2.05) is 0 Å². The molecular formula is C13H17N3O5. The molecule has 8 heteroatoms. The number of H-pyrrole nitrogens is 1. The summed E-state index contributed by atoms with van der Waals surface area (Å²) in [7, 11) is 1.32. The number of methoxy groups -OCH3 is 1. The van der Waals surface area contributed by atoms with Crippen LogP contribution in [0.5, 0.6) is 0 Å². The number of nitrogens with zero attached hydrogens (tertiary/aromatic N) is 2. The van der Waals surface area contributed by atoms with Gasteiger partial charge in [-0.15, -0.1) is 0 Å². The van der Waals surface area contributed by atoms with E-state index in [0.29, 0.717) is 25.9 Å². The van der Waals surface area contributed by atoms with Gasteiger partial charge in [-0.3, -0.25) is 23.9 Å². The first-order valence-corrected chi connectivity index (χ1v) is 6.66. The summed E-state index contributed by atoms with van der Waals surface area (Å²) in [6.45, 7) is 0.678. The third-order valence-corrected chi connectivity index (χ3v) is 3.51. The number of ether oxygens (including phenoxy) is 1. The van der Waals surface area contributed by atoms with Crippen molar-refractivity contribution in [1.29, 1.82) is 0 Å². The Morgan fingerprint density at radius 2 is 2.19 bits per heavy atom. The Morgan fingerprint density at radius 3 is 2.86 bits per heavy atom. The van der Waals surface area contributed by atoms with E-state index in [0.717, 1.165) is 4.57 Å². The molecule has 0 bridgehead atoms. The van der Waals surface area contributed by atoms with Crippen LogP contribution in [-0.2, 0) is 20.9 Å². The first-order valence-electron chi connectivity index (χ1n) is 6.66. The van der Waals surface area contributed by atoms with Crippen LogP contribution >= 0.6 is 0 Å². The Kier molecular flexibility index (Phi) is 4.56. The molecule has 8 nitrogen and oxygen atoms in total. The van der Waals surface area contributed by atoms with Crippen LogP contribution in [0.1, 0.15) is 12.8 Å². The zero-order valence-electron chi connectivity index (χ0n) is 11.7. The lowest BCUT2D eigenvalue weighted by Crippen LogP contribution is -2.45. The van der Waals surface area contributed by atoms with Crippen molar-refractivity contribution in [2.45, 2.75) is 19.4 Å². The number of hydrogen-bond acceptors (Lipinski definition) is 5. The van der Waals surface area contributed by atoms with Crippen LogP contribution in [0.4, 0.5) is 0 Å². The van der Waals surface area contributed by atoms with Crippen molar-refractivity contribution in [2.24, 2.45) is 5.92 Å². The zero-order valence-corrected chi connectivity index (χ0v) is 11.7. The topological polar surface area (TPSA) is 101 Å². The van der Waals surface area contributed by atoms with Crippen molar-refractivity contribution in [3.05, 3.63) is 33.1 Å². The number of nitrogens with one attached hydrogen (secondary N) is 1. The van der Waals surface area contributed by atoms with Gasteiger partial charge in [0.2, 0.25) is 5.91 Å². The molecule has 1 amide bonds. The lowest BCUT2D eigenvalue weighted by atomic mass is 9.98. The predicted molar refractivity (Wildman–Crippen MR) is 72.6 cm³/mol. The molecule has 1 unspecified atom stereocenters. The second kappa shape index (κ2) is 6.38. The van der Waals surface area contributed by atoms with Gasteiger partial charge in [-0.05, 0) is 12.8 Å². The van der Waals surface area contributed by atoms with Gasteiger partial charge < -0.3 is 9.64 Å². The second-order valence-electron chi connectivity index (χ2n) is 4.94. The van der Waals surface area contributed by atoms with E-state index < -0.39 is 11.2 Å². The van der Waals surface area contributed by atoms with E-state index in [2.05, 4.69) is 4.98 Å². The average Bonchev–Trinajstić information content (AvgIpc) is 2.49. The molecule has 1 aromatic rings. The molecule has 1 aliphatic heterocycles. The first-order chi connectivity index (χ1) is 10.0. The summed E-state index contributed by atoms with van der Waals surface area (Å²) >= 11 is 0. The Hall–Kier alpha value is -2.38. The van der Waals surface area contributed by atoms with E-state index in [1.54, 1.807) is 4.90 Å². The Labute approximate surface area is 120 Å². The number of aromatic amines is 1. The SMILES string of the molecule is COC(=O)C1CCCN(C(=O)Cn2ccc(=O)[nH]c2=O)C1. The number of piperidine rings is 1. The Balaban J connectivity index is 2.04. The Bertz CT molecular complexity index is 648. The fourth-order valence-electron chi connectivity index (χ4n) is 2.38. The number of amides is 1. The van der Waals surface area contributed by atoms with Gasteiger partial charge in [-0.25, -0.2) is 4.79 Å². The number of esters is 1. The van der Waals surface area contributed by atoms with Crippen LogP contribution in [0.2, 0.25) is 0 Å². The van der Waals surface area contributed by atoms with Crippen molar-refractivity contribution in [2.75, 3.05) is 20.2 Å². The number of aromatic nitrogens is 2. The summed E-state index contributed by atoms with van der Waals surface area (Å²) < 4.78 is 5.83. The van der Waals surface area contributed by atoms with Crippen molar-refractivity contribution >= 4 is 11.9 Å². The van der Waals surface area contributed by atoms with E-state index >= 15 is 0 Å². The molecule has 1 aliphatic rings.